The van der Waals surface area contributed by atoms with E-state index in [9.17, 15) is 0 Å². The van der Waals surface area contributed by atoms with Crippen LogP contribution in [0.5, 0.6) is 0 Å². The molecule has 0 saturated carbocycles. The summed E-state index contributed by atoms with van der Waals surface area (Å²) in [6, 6.07) is 0. The highest BCUT2D eigenvalue weighted by molar-refractivity contribution is 5.24. The molecule has 2 N–H and O–H groups in total. The molecule has 1 atom stereocenters. The summed E-state index contributed by atoms with van der Waals surface area (Å²) in [5.74, 6) is 0.776. The van der Waals surface area contributed by atoms with Crippen molar-refractivity contribution < 1.29 is 4.74 Å². The van der Waals surface area contributed by atoms with E-state index in [-0.39, 0.29) is 6.10 Å². The Morgan fingerprint density at radius 1 is 1.24 bits per heavy atom. The van der Waals surface area contributed by atoms with Gasteiger partial charge >= 0.3 is 0 Å². The zero-order chi connectivity index (χ0) is 12.8. The minimum absolute atomic E-state index is 0.0408. The normalized spacial score (nSPS) is 12.8. The van der Waals surface area contributed by atoms with Crippen molar-refractivity contribution in [1.82, 2.24) is 9.97 Å². The van der Waals surface area contributed by atoms with Gasteiger partial charge < -0.3 is 10.5 Å². The molecule has 0 aromatic carbocycles. The number of rotatable bonds is 6. The second-order valence-corrected chi connectivity index (χ2v) is 4.22. The van der Waals surface area contributed by atoms with Crippen molar-refractivity contribution in [1.29, 1.82) is 0 Å². The smallest absolute Gasteiger partial charge is 0.157 e. The van der Waals surface area contributed by atoms with Gasteiger partial charge in [-0.05, 0) is 52.6 Å². The highest BCUT2D eigenvalue weighted by Crippen LogP contribution is 2.17. The molecule has 4 heteroatoms. The zero-order valence-electron chi connectivity index (χ0n) is 11.3. The lowest BCUT2D eigenvalue weighted by Gasteiger charge is -2.14. The Hall–Kier alpha value is -1.00. The van der Waals surface area contributed by atoms with E-state index in [0.717, 1.165) is 30.1 Å². The fraction of sp³-hybridized carbons (Fsp3) is 0.692. The first-order chi connectivity index (χ1) is 8.10. The molecule has 0 aliphatic rings. The quantitative estimate of drug-likeness (QED) is 0.823. The summed E-state index contributed by atoms with van der Waals surface area (Å²) in [4.78, 5) is 9.06. The lowest BCUT2D eigenvalue weighted by Crippen LogP contribution is -2.11. The van der Waals surface area contributed by atoms with Gasteiger partial charge in [0, 0.05) is 18.0 Å². The molecule has 0 bridgehead atoms. The summed E-state index contributed by atoms with van der Waals surface area (Å²) < 4.78 is 5.51. The third-order valence-corrected chi connectivity index (χ3v) is 2.85. The van der Waals surface area contributed by atoms with Crippen molar-refractivity contribution in [2.75, 3.05) is 13.2 Å². The lowest BCUT2D eigenvalue weighted by molar-refractivity contribution is 0.0697. The molecule has 0 radical (unpaired) electrons. The molecule has 1 aromatic heterocycles. The van der Waals surface area contributed by atoms with Gasteiger partial charge in [-0.3, -0.25) is 0 Å². The summed E-state index contributed by atoms with van der Waals surface area (Å²) in [5, 5.41) is 0. The van der Waals surface area contributed by atoms with Gasteiger partial charge in [-0.2, -0.15) is 0 Å². The summed E-state index contributed by atoms with van der Waals surface area (Å²) in [6.45, 7) is 9.40. The molecule has 1 heterocycles. The molecule has 4 nitrogen and oxygen atoms in total. The molecule has 96 valence electrons. The average molecular weight is 237 g/mol. The van der Waals surface area contributed by atoms with Gasteiger partial charge in [0.2, 0.25) is 0 Å². The number of nitrogens with zero attached hydrogens (tertiary/aromatic N) is 2. The number of aryl methyl sites for hydroxylation is 2. The van der Waals surface area contributed by atoms with Crippen LogP contribution in [0.3, 0.4) is 0 Å². The molecule has 17 heavy (non-hydrogen) atoms. The molecular formula is C13H23N3O. The Labute approximate surface area is 104 Å². The van der Waals surface area contributed by atoms with Gasteiger partial charge in [-0.1, -0.05) is 0 Å². The SMILES string of the molecule is CCOC(C)c1nc(C)c(CCCN)c(C)n1. The second-order valence-electron chi connectivity index (χ2n) is 4.22. The van der Waals surface area contributed by atoms with Gasteiger partial charge in [0.1, 0.15) is 6.10 Å². The maximum absolute atomic E-state index is 5.53. The Morgan fingerprint density at radius 2 is 1.82 bits per heavy atom. The van der Waals surface area contributed by atoms with Gasteiger partial charge in [0.25, 0.3) is 0 Å². The van der Waals surface area contributed by atoms with Crippen LogP contribution in [0.2, 0.25) is 0 Å². The van der Waals surface area contributed by atoms with E-state index < -0.39 is 0 Å². The molecule has 1 rings (SSSR count). The Morgan fingerprint density at radius 3 is 2.29 bits per heavy atom. The number of hydrogen-bond donors (Lipinski definition) is 1. The van der Waals surface area contributed by atoms with Gasteiger partial charge in [-0.15, -0.1) is 0 Å². The van der Waals surface area contributed by atoms with Crippen molar-refractivity contribution in [3.05, 3.63) is 22.8 Å². The monoisotopic (exact) mass is 237 g/mol. The molecule has 0 fully saturated rings. The van der Waals surface area contributed by atoms with Crippen LogP contribution in [0.25, 0.3) is 0 Å². The third-order valence-electron chi connectivity index (χ3n) is 2.85. The van der Waals surface area contributed by atoms with Crippen molar-refractivity contribution in [2.24, 2.45) is 5.73 Å². The summed E-state index contributed by atoms with van der Waals surface area (Å²) in [7, 11) is 0. The number of aromatic nitrogens is 2. The van der Waals surface area contributed by atoms with Crippen LogP contribution in [0.1, 0.15) is 49.1 Å². The molecule has 1 unspecified atom stereocenters. The fourth-order valence-corrected chi connectivity index (χ4v) is 1.91. The maximum atomic E-state index is 5.53. The van der Waals surface area contributed by atoms with Crippen molar-refractivity contribution in [3.8, 4) is 0 Å². The van der Waals surface area contributed by atoms with E-state index in [1.165, 1.54) is 5.56 Å². The van der Waals surface area contributed by atoms with E-state index in [0.29, 0.717) is 13.2 Å². The lowest BCUT2D eigenvalue weighted by atomic mass is 10.1. The standard InChI is InChI=1S/C13H23N3O/c1-5-17-11(4)13-15-9(2)12(7-6-8-14)10(3)16-13/h11H,5-8,14H2,1-4H3. The first-order valence-corrected chi connectivity index (χ1v) is 6.25. The molecular weight excluding hydrogens is 214 g/mol. The molecule has 0 spiro atoms. The first kappa shape index (κ1) is 14.1. The van der Waals surface area contributed by atoms with Crippen molar-refractivity contribution >= 4 is 0 Å². The van der Waals surface area contributed by atoms with E-state index in [1.54, 1.807) is 0 Å². The minimum Gasteiger partial charge on any atom is -0.371 e. The van der Waals surface area contributed by atoms with Crippen LogP contribution >= 0.6 is 0 Å². The Balaban J connectivity index is 2.92. The van der Waals surface area contributed by atoms with Crippen LogP contribution in [0.15, 0.2) is 0 Å². The minimum atomic E-state index is -0.0408. The Kier molecular flexibility index (Phi) is 5.51. The predicted molar refractivity (Wildman–Crippen MR) is 68.9 cm³/mol. The summed E-state index contributed by atoms with van der Waals surface area (Å²) >= 11 is 0. The van der Waals surface area contributed by atoms with Gasteiger partial charge in [0.05, 0.1) is 0 Å². The molecule has 0 aliphatic heterocycles. The Bertz CT molecular complexity index is 343. The van der Waals surface area contributed by atoms with Crippen molar-refractivity contribution in [3.63, 3.8) is 0 Å². The molecule has 1 aromatic rings. The van der Waals surface area contributed by atoms with E-state index >= 15 is 0 Å². The predicted octanol–water partition coefficient (Wildman–Crippen LogP) is 2.08. The number of hydrogen-bond acceptors (Lipinski definition) is 4. The van der Waals surface area contributed by atoms with E-state index in [4.69, 9.17) is 10.5 Å². The third kappa shape index (κ3) is 3.75. The first-order valence-electron chi connectivity index (χ1n) is 6.25. The average Bonchev–Trinajstić information content (AvgIpc) is 2.28. The molecule has 0 aliphatic carbocycles. The van der Waals surface area contributed by atoms with E-state index in [2.05, 4.69) is 9.97 Å². The van der Waals surface area contributed by atoms with E-state index in [1.807, 2.05) is 27.7 Å². The zero-order valence-corrected chi connectivity index (χ0v) is 11.3. The highest BCUT2D eigenvalue weighted by atomic mass is 16.5. The van der Waals surface area contributed by atoms with Gasteiger partial charge in [-0.25, -0.2) is 9.97 Å². The number of ether oxygens (including phenoxy) is 1. The van der Waals surface area contributed by atoms with Gasteiger partial charge in [0.15, 0.2) is 5.82 Å². The van der Waals surface area contributed by atoms with Crippen molar-refractivity contribution in [2.45, 2.75) is 46.6 Å². The largest absolute Gasteiger partial charge is 0.371 e. The second kappa shape index (κ2) is 6.67. The topological polar surface area (TPSA) is 61.0 Å². The fourth-order valence-electron chi connectivity index (χ4n) is 1.91. The summed E-state index contributed by atoms with van der Waals surface area (Å²) in [6.07, 6.45) is 1.89. The molecule has 0 saturated heterocycles. The number of nitrogens with two attached hydrogens (primary N) is 1. The van der Waals surface area contributed by atoms with Crippen LogP contribution < -0.4 is 5.73 Å². The van der Waals surface area contributed by atoms with Crippen LogP contribution in [0.4, 0.5) is 0 Å². The maximum Gasteiger partial charge on any atom is 0.157 e. The van der Waals surface area contributed by atoms with Crippen LogP contribution in [-0.2, 0) is 11.2 Å². The van der Waals surface area contributed by atoms with Crippen LogP contribution in [-0.4, -0.2) is 23.1 Å². The molecule has 0 amide bonds. The van der Waals surface area contributed by atoms with Crippen LogP contribution in [0, 0.1) is 13.8 Å². The summed E-state index contributed by atoms with van der Waals surface area (Å²) in [5.41, 5.74) is 8.86. The highest BCUT2D eigenvalue weighted by Gasteiger charge is 2.13.